The molecule has 1 heterocycles. The lowest BCUT2D eigenvalue weighted by molar-refractivity contribution is -0.145. The van der Waals surface area contributed by atoms with Crippen LogP contribution < -0.4 is 0 Å². The Bertz CT molecular complexity index is 1120. The Morgan fingerprint density at radius 2 is 1.72 bits per heavy atom. The lowest BCUT2D eigenvalue weighted by Crippen LogP contribution is -2.48. The first-order valence-corrected chi connectivity index (χ1v) is 13.5. The molecule has 0 aliphatic carbocycles. The molecule has 36 heavy (non-hydrogen) atoms. The van der Waals surface area contributed by atoms with Gasteiger partial charge in [0.05, 0.1) is 6.54 Å². The number of aromatic amines is 1. The van der Waals surface area contributed by atoms with Gasteiger partial charge in [-0.2, -0.15) is 0 Å². The molecule has 0 bridgehead atoms. The highest BCUT2D eigenvalue weighted by Gasteiger charge is 2.28. The monoisotopic (exact) mass is 489 g/mol. The van der Waals surface area contributed by atoms with Crippen LogP contribution in [-0.2, 0) is 22.6 Å². The van der Waals surface area contributed by atoms with Crippen molar-refractivity contribution in [2.24, 2.45) is 5.92 Å². The van der Waals surface area contributed by atoms with Gasteiger partial charge in [0.15, 0.2) is 0 Å². The van der Waals surface area contributed by atoms with Gasteiger partial charge in [0.1, 0.15) is 0 Å². The number of aromatic nitrogens is 1. The molecule has 0 aliphatic rings. The first-order valence-electron chi connectivity index (χ1n) is 13.5. The van der Waals surface area contributed by atoms with Crippen LogP contribution in [-0.4, -0.2) is 45.7 Å². The smallest absolute Gasteiger partial charge is 0.242 e. The van der Waals surface area contributed by atoms with E-state index in [-0.39, 0.29) is 30.3 Å². The Kier molecular flexibility index (Phi) is 10.2. The number of carbonyl (C=O) groups excluding carboxylic acids is 2. The zero-order valence-corrected chi connectivity index (χ0v) is 22.7. The molecule has 5 nitrogen and oxygen atoms in total. The molecule has 1 aromatic heterocycles. The first-order chi connectivity index (χ1) is 17.3. The number of hydrogen-bond acceptors (Lipinski definition) is 2. The fourth-order valence-corrected chi connectivity index (χ4v) is 4.75. The molecule has 1 atom stereocenters. The Labute approximate surface area is 216 Å². The Morgan fingerprint density at radius 3 is 2.39 bits per heavy atom. The SMILES string of the molecule is CCCC[C@H](CC)C(=O)N(CC(=O)N(CCc1c[nH]c2ccccc12)Cc1ccc(C)cc1)C(C)C. The van der Waals surface area contributed by atoms with Gasteiger partial charge in [-0.25, -0.2) is 0 Å². The molecule has 5 heteroatoms. The summed E-state index contributed by atoms with van der Waals surface area (Å²) >= 11 is 0. The van der Waals surface area contributed by atoms with Crippen molar-refractivity contribution in [1.82, 2.24) is 14.8 Å². The Morgan fingerprint density at radius 1 is 1.00 bits per heavy atom. The van der Waals surface area contributed by atoms with E-state index in [1.54, 1.807) is 4.90 Å². The number of aryl methyl sites for hydroxylation is 1. The Balaban J connectivity index is 1.78. The summed E-state index contributed by atoms with van der Waals surface area (Å²) < 4.78 is 0. The van der Waals surface area contributed by atoms with Gasteiger partial charge in [-0.15, -0.1) is 0 Å². The molecular weight excluding hydrogens is 446 g/mol. The molecule has 2 amide bonds. The predicted molar refractivity (Wildman–Crippen MR) is 149 cm³/mol. The number of benzene rings is 2. The van der Waals surface area contributed by atoms with Crippen molar-refractivity contribution in [2.45, 2.75) is 79.3 Å². The largest absolute Gasteiger partial charge is 0.361 e. The summed E-state index contributed by atoms with van der Waals surface area (Å²) in [4.78, 5) is 34.2. The third kappa shape index (κ3) is 7.22. The average molecular weight is 490 g/mol. The molecule has 0 spiro atoms. The lowest BCUT2D eigenvalue weighted by atomic mass is 9.97. The molecule has 0 aliphatic heterocycles. The number of H-pyrrole nitrogens is 1. The second-order valence-electron chi connectivity index (χ2n) is 10.2. The quantitative estimate of drug-likeness (QED) is 0.298. The van der Waals surface area contributed by atoms with Crippen molar-refractivity contribution in [3.63, 3.8) is 0 Å². The number of amides is 2. The topological polar surface area (TPSA) is 56.4 Å². The van der Waals surface area contributed by atoms with Crippen molar-refractivity contribution in [1.29, 1.82) is 0 Å². The average Bonchev–Trinajstić information content (AvgIpc) is 3.29. The fourth-order valence-electron chi connectivity index (χ4n) is 4.75. The number of rotatable bonds is 13. The Hall–Kier alpha value is -3.08. The summed E-state index contributed by atoms with van der Waals surface area (Å²) in [6.07, 6.45) is 6.60. The van der Waals surface area contributed by atoms with E-state index in [1.807, 2.05) is 37.1 Å². The van der Waals surface area contributed by atoms with E-state index in [4.69, 9.17) is 0 Å². The van der Waals surface area contributed by atoms with E-state index >= 15 is 0 Å². The van der Waals surface area contributed by atoms with Crippen molar-refractivity contribution in [2.75, 3.05) is 13.1 Å². The molecule has 2 aromatic carbocycles. The molecule has 1 N–H and O–H groups in total. The van der Waals surface area contributed by atoms with Crippen LogP contribution in [0.4, 0.5) is 0 Å². The molecule has 3 aromatic rings. The third-order valence-corrected chi connectivity index (χ3v) is 7.13. The summed E-state index contributed by atoms with van der Waals surface area (Å²) in [5.41, 5.74) is 4.61. The van der Waals surface area contributed by atoms with E-state index in [0.717, 1.165) is 43.2 Å². The molecule has 0 saturated heterocycles. The summed E-state index contributed by atoms with van der Waals surface area (Å²) in [7, 11) is 0. The van der Waals surface area contributed by atoms with Gasteiger partial charge in [-0.05, 0) is 57.2 Å². The van der Waals surface area contributed by atoms with Crippen LogP contribution in [0.2, 0.25) is 0 Å². The van der Waals surface area contributed by atoms with Crippen molar-refractivity contribution in [3.05, 3.63) is 71.4 Å². The van der Waals surface area contributed by atoms with Crippen molar-refractivity contribution < 1.29 is 9.59 Å². The number of hydrogen-bond donors (Lipinski definition) is 1. The minimum atomic E-state index is -0.0213. The van der Waals surface area contributed by atoms with E-state index in [1.165, 1.54) is 16.5 Å². The third-order valence-electron chi connectivity index (χ3n) is 7.13. The molecule has 0 radical (unpaired) electrons. The van der Waals surface area contributed by atoms with Gasteiger partial charge in [-0.3, -0.25) is 9.59 Å². The van der Waals surface area contributed by atoms with Crippen LogP contribution in [0.5, 0.6) is 0 Å². The van der Waals surface area contributed by atoms with Gasteiger partial charge in [0.2, 0.25) is 11.8 Å². The van der Waals surface area contributed by atoms with Crippen LogP contribution >= 0.6 is 0 Å². The maximum atomic E-state index is 13.7. The number of nitrogens with zero attached hydrogens (tertiary/aromatic N) is 2. The minimum absolute atomic E-state index is 0.00260. The number of para-hydroxylation sites is 1. The number of fused-ring (bicyclic) bond motifs is 1. The standard InChI is InChI=1S/C31H43N3O2/c1-6-8-11-26(7-2)31(36)34(23(3)4)22-30(35)33(21-25-16-14-24(5)15-17-25)19-18-27-20-32-29-13-10-9-12-28(27)29/h9-10,12-17,20,23,26,32H,6-8,11,18-19,21-22H2,1-5H3/t26-/m0/s1. The van der Waals surface area contributed by atoms with Crippen LogP contribution in [0.15, 0.2) is 54.7 Å². The van der Waals surface area contributed by atoms with Crippen LogP contribution in [0.25, 0.3) is 10.9 Å². The molecule has 0 fully saturated rings. The van der Waals surface area contributed by atoms with Gasteiger partial charge >= 0.3 is 0 Å². The summed E-state index contributed by atoms with van der Waals surface area (Å²) in [6, 6.07) is 16.6. The number of nitrogens with one attached hydrogen (secondary N) is 1. The minimum Gasteiger partial charge on any atom is -0.361 e. The van der Waals surface area contributed by atoms with Crippen LogP contribution in [0, 0.1) is 12.8 Å². The summed E-state index contributed by atoms with van der Waals surface area (Å²) in [5, 5.41) is 1.20. The van der Waals surface area contributed by atoms with Crippen LogP contribution in [0.3, 0.4) is 0 Å². The first kappa shape index (κ1) is 27.5. The molecule has 0 saturated carbocycles. The van der Waals surface area contributed by atoms with Crippen molar-refractivity contribution in [3.8, 4) is 0 Å². The molecule has 3 rings (SSSR count). The van der Waals surface area contributed by atoms with E-state index in [0.29, 0.717) is 13.1 Å². The number of carbonyl (C=O) groups is 2. The maximum absolute atomic E-state index is 13.7. The molecular formula is C31H43N3O2. The van der Waals surface area contributed by atoms with E-state index in [2.05, 4.69) is 62.2 Å². The highest BCUT2D eigenvalue weighted by Crippen LogP contribution is 2.20. The van der Waals surface area contributed by atoms with E-state index in [9.17, 15) is 9.59 Å². The number of unbranched alkanes of at least 4 members (excludes halogenated alkanes) is 1. The normalized spacial score (nSPS) is 12.2. The fraction of sp³-hybridized carbons (Fsp3) is 0.484. The van der Waals surface area contributed by atoms with Crippen LogP contribution in [0.1, 0.15) is 70.1 Å². The lowest BCUT2D eigenvalue weighted by Gasteiger charge is -2.32. The van der Waals surface area contributed by atoms with Crippen molar-refractivity contribution >= 4 is 22.7 Å². The van der Waals surface area contributed by atoms with Gasteiger partial charge in [0, 0.05) is 42.1 Å². The maximum Gasteiger partial charge on any atom is 0.242 e. The van der Waals surface area contributed by atoms with Gasteiger partial charge in [0.25, 0.3) is 0 Å². The zero-order chi connectivity index (χ0) is 26.1. The molecule has 0 unspecified atom stereocenters. The highest BCUT2D eigenvalue weighted by molar-refractivity contribution is 5.86. The predicted octanol–water partition coefficient (Wildman–Crippen LogP) is 6.50. The zero-order valence-electron chi connectivity index (χ0n) is 22.7. The highest BCUT2D eigenvalue weighted by atomic mass is 16.2. The van der Waals surface area contributed by atoms with E-state index < -0.39 is 0 Å². The van der Waals surface area contributed by atoms with Gasteiger partial charge < -0.3 is 14.8 Å². The second-order valence-corrected chi connectivity index (χ2v) is 10.2. The summed E-state index contributed by atoms with van der Waals surface area (Å²) in [6.45, 7) is 11.6. The second kappa shape index (κ2) is 13.3. The molecule has 194 valence electrons. The van der Waals surface area contributed by atoms with Gasteiger partial charge in [-0.1, -0.05) is 74.7 Å². The summed E-state index contributed by atoms with van der Waals surface area (Å²) in [5.74, 6) is 0.0981.